The highest BCUT2D eigenvalue weighted by molar-refractivity contribution is 7.92. The molecule has 2 rings (SSSR count). The van der Waals surface area contributed by atoms with Crippen LogP contribution in [0.15, 0.2) is 41.3 Å². The van der Waals surface area contributed by atoms with Crippen LogP contribution < -0.4 is 10.0 Å². The highest BCUT2D eigenvalue weighted by atomic mass is 32.2. The molecule has 0 fully saturated rings. The maximum absolute atomic E-state index is 12.6. The van der Waals surface area contributed by atoms with Crippen molar-refractivity contribution in [2.45, 2.75) is 31.8 Å². The zero-order valence-electron chi connectivity index (χ0n) is 14.6. The number of nitrogens with one attached hydrogen (secondary N) is 2. The molecule has 7 heteroatoms. The quantitative estimate of drug-likeness (QED) is 0.604. The van der Waals surface area contributed by atoms with Gasteiger partial charge < -0.3 is 15.5 Å². The van der Waals surface area contributed by atoms with Crippen LogP contribution >= 0.6 is 0 Å². The van der Waals surface area contributed by atoms with E-state index < -0.39 is 16.1 Å². The zero-order chi connectivity index (χ0) is 18.6. The SMILES string of the molecule is Cc1cc(C)c(NS(=O)(=O)c2ccc(NCC(O)CO)cc2)c(C)c1. The van der Waals surface area contributed by atoms with Crippen LogP contribution in [0.2, 0.25) is 0 Å². The summed E-state index contributed by atoms with van der Waals surface area (Å²) in [5.74, 6) is 0. The molecule has 0 aliphatic carbocycles. The second-order valence-corrected chi connectivity index (χ2v) is 7.80. The van der Waals surface area contributed by atoms with Gasteiger partial charge in [0.2, 0.25) is 0 Å². The Hall–Kier alpha value is -2.09. The van der Waals surface area contributed by atoms with Crippen LogP contribution in [-0.2, 0) is 10.0 Å². The van der Waals surface area contributed by atoms with Crippen molar-refractivity contribution < 1.29 is 18.6 Å². The maximum Gasteiger partial charge on any atom is 0.261 e. The first-order chi connectivity index (χ1) is 11.7. The van der Waals surface area contributed by atoms with Crippen molar-refractivity contribution in [2.75, 3.05) is 23.2 Å². The fraction of sp³-hybridized carbons (Fsp3) is 0.333. The van der Waals surface area contributed by atoms with E-state index in [4.69, 9.17) is 5.11 Å². The van der Waals surface area contributed by atoms with Gasteiger partial charge in [-0.2, -0.15) is 0 Å². The summed E-state index contributed by atoms with van der Waals surface area (Å²) in [5.41, 5.74) is 4.08. The van der Waals surface area contributed by atoms with Gasteiger partial charge >= 0.3 is 0 Å². The van der Waals surface area contributed by atoms with E-state index in [1.54, 1.807) is 12.1 Å². The summed E-state index contributed by atoms with van der Waals surface area (Å²) in [5, 5.41) is 21.0. The van der Waals surface area contributed by atoms with E-state index in [2.05, 4.69) is 10.0 Å². The molecular formula is C18H24N2O4S. The van der Waals surface area contributed by atoms with Crippen molar-refractivity contribution in [1.82, 2.24) is 0 Å². The lowest BCUT2D eigenvalue weighted by molar-refractivity contribution is 0.105. The molecule has 0 aromatic heterocycles. The highest BCUT2D eigenvalue weighted by Crippen LogP contribution is 2.25. The Balaban J connectivity index is 2.17. The highest BCUT2D eigenvalue weighted by Gasteiger charge is 2.17. The van der Waals surface area contributed by atoms with Gasteiger partial charge in [0.05, 0.1) is 23.3 Å². The van der Waals surface area contributed by atoms with Gasteiger partial charge in [-0.15, -0.1) is 0 Å². The summed E-state index contributed by atoms with van der Waals surface area (Å²) < 4.78 is 27.9. The molecular weight excluding hydrogens is 340 g/mol. The molecule has 1 unspecified atom stereocenters. The number of anilines is 2. The summed E-state index contributed by atoms with van der Waals surface area (Å²) in [4.78, 5) is 0.153. The number of rotatable bonds is 7. The second kappa shape index (κ2) is 7.86. The molecule has 0 bridgehead atoms. The van der Waals surface area contributed by atoms with Crippen LogP contribution in [-0.4, -0.2) is 37.9 Å². The minimum atomic E-state index is -3.69. The van der Waals surface area contributed by atoms with Crippen molar-refractivity contribution in [2.24, 2.45) is 0 Å². The van der Waals surface area contributed by atoms with Crippen molar-refractivity contribution in [1.29, 1.82) is 0 Å². The number of sulfonamides is 1. The average Bonchev–Trinajstić information content (AvgIpc) is 2.56. The normalized spacial score (nSPS) is 12.7. The van der Waals surface area contributed by atoms with Crippen LogP contribution in [0.4, 0.5) is 11.4 Å². The molecule has 0 amide bonds. The first kappa shape index (κ1) is 19.2. The van der Waals surface area contributed by atoms with Gasteiger partial charge in [-0.1, -0.05) is 17.7 Å². The topological polar surface area (TPSA) is 98.7 Å². The van der Waals surface area contributed by atoms with E-state index in [1.807, 2.05) is 32.9 Å². The van der Waals surface area contributed by atoms with Crippen LogP contribution in [0.5, 0.6) is 0 Å². The third-order valence-corrected chi connectivity index (χ3v) is 5.20. The Morgan fingerprint density at radius 3 is 2.12 bits per heavy atom. The van der Waals surface area contributed by atoms with Crippen molar-refractivity contribution >= 4 is 21.4 Å². The van der Waals surface area contributed by atoms with E-state index >= 15 is 0 Å². The Kier molecular flexibility index (Phi) is 6.05. The average molecular weight is 364 g/mol. The lowest BCUT2D eigenvalue weighted by Gasteiger charge is -2.15. The largest absolute Gasteiger partial charge is 0.394 e. The molecule has 0 spiro atoms. The van der Waals surface area contributed by atoms with Gasteiger partial charge in [-0.3, -0.25) is 4.72 Å². The minimum Gasteiger partial charge on any atom is -0.394 e. The van der Waals surface area contributed by atoms with Gasteiger partial charge in [-0.05, 0) is 56.2 Å². The van der Waals surface area contributed by atoms with Gasteiger partial charge in [0.25, 0.3) is 10.0 Å². The van der Waals surface area contributed by atoms with Gasteiger partial charge in [0.15, 0.2) is 0 Å². The van der Waals surface area contributed by atoms with E-state index in [0.717, 1.165) is 16.7 Å². The number of benzene rings is 2. The van der Waals surface area contributed by atoms with Crippen molar-refractivity contribution in [3.8, 4) is 0 Å². The summed E-state index contributed by atoms with van der Waals surface area (Å²) in [6.45, 7) is 5.56. The first-order valence-electron chi connectivity index (χ1n) is 7.96. The summed E-state index contributed by atoms with van der Waals surface area (Å²) in [6.07, 6.45) is -0.863. The van der Waals surface area contributed by atoms with Crippen molar-refractivity contribution in [3.63, 3.8) is 0 Å². The molecule has 2 aromatic carbocycles. The number of aryl methyl sites for hydroxylation is 3. The van der Waals surface area contributed by atoms with Crippen LogP contribution in [0, 0.1) is 20.8 Å². The van der Waals surface area contributed by atoms with Crippen LogP contribution in [0.3, 0.4) is 0 Å². The van der Waals surface area contributed by atoms with Gasteiger partial charge in [-0.25, -0.2) is 8.42 Å². The monoisotopic (exact) mass is 364 g/mol. The third-order valence-electron chi connectivity index (χ3n) is 3.83. The zero-order valence-corrected chi connectivity index (χ0v) is 15.4. The molecule has 2 aromatic rings. The van der Waals surface area contributed by atoms with Gasteiger partial charge in [0.1, 0.15) is 0 Å². The number of aliphatic hydroxyl groups excluding tert-OH is 2. The number of hydrogen-bond donors (Lipinski definition) is 4. The number of aliphatic hydroxyl groups is 2. The van der Waals surface area contributed by atoms with E-state index in [0.29, 0.717) is 11.4 Å². The van der Waals surface area contributed by atoms with E-state index in [9.17, 15) is 13.5 Å². The van der Waals surface area contributed by atoms with Crippen LogP contribution in [0.1, 0.15) is 16.7 Å². The Morgan fingerprint density at radius 2 is 1.60 bits per heavy atom. The summed E-state index contributed by atoms with van der Waals surface area (Å²) in [6, 6.07) is 10.1. The van der Waals surface area contributed by atoms with Crippen LogP contribution in [0.25, 0.3) is 0 Å². The lowest BCUT2D eigenvalue weighted by Crippen LogP contribution is -2.23. The molecule has 0 aliphatic heterocycles. The fourth-order valence-corrected chi connectivity index (χ4v) is 3.79. The van der Waals surface area contributed by atoms with E-state index in [1.165, 1.54) is 12.1 Å². The third kappa shape index (κ3) is 4.94. The molecule has 6 nitrogen and oxygen atoms in total. The molecule has 4 N–H and O–H groups in total. The summed E-state index contributed by atoms with van der Waals surface area (Å²) >= 11 is 0. The second-order valence-electron chi connectivity index (χ2n) is 6.12. The summed E-state index contributed by atoms with van der Waals surface area (Å²) in [7, 11) is -3.69. The Morgan fingerprint density at radius 1 is 1.04 bits per heavy atom. The molecule has 0 saturated carbocycles. The minimum absolute atomic E-state index is 0.153. The Labute approximate surface area is 148 Å². The van der Waals surface area contributed by atoms with Crippen molar-refractivity contribution in [3.05, 3.63) is 53.1 Å². The molecule has 136 valence electrons. The molecule has 0 aliphatic rings. The maximum atomic E-state index is 12.6. The molecule has 25 heavy (non-hydrogen) atoms. The smallest absolute Gasteiger partial charge is 0.261 e. The molecule has 0 radical (unpaired) electrons. The predicted octanol–water partition coefficient (Wildman–Crippen LogP) is 2.18. The predicted molar refractivity (Wildman–Crippen MR) is 99.5 cm³/mol. The molecule has 1 atom stereocenters. The fourth-order valence-electron chi connectivity index (χ4n) is 2.59. The number of hydrogen-bond acceptors (Lipinski definition) is 5. The standard InChI is InChI=1S/C18H24N2O4S/c1-12-8-13(2)18(14(3)9-12)20-25(23,24)17-6-4-15(5-7-17)19-10-16(22)11-21/h4-9,16,19-22H,10-11H2,1-3H3. The molecule has 0 heterocycles. The Bertz CT molecular complexity index is 810. The lowest BCUT2D eigenvalue weighted by atomic mass is 10.1. The van der Waals surface area contributed by atoms with E-state index in [-0.39, 0.29) is 18.0 Å². The first-order valence-corrected chi connectivity index (χ1v) is 9.45. The van der Waals surface area contributed by atoms with Gasteiger partial charge in [0, 0.05) is 12.2 Å². The molecule has 0 saturated heterocycles.